The number of hydrogen-bond donors (Lipinski definition) is 0. The second-order valence-electron chi connectivity index (χ2n) is 5.94. The zero-order valence-electron chi connectivity index (χ0n) is 15.1. The Morgan fingerprint density at radius 3 is 2.56 bits per heavy atom. The molecule has 7 heteroatoms. The van der Waals surface area contributed by atoms with Gasteiger partial charge in [-0.3, -0.25) is 4.79 Å². The number of hydrogen-bond acceptors (Lipinski definition) is 5. The van der Waals surface area contributed by atoms with Crippen LogP contribution >= 0.6 is 11.6 Å². The molecule has 0 bridgehead atoms. The second kappa shape index (κ2) is 8.68. The maximum absolute atomic E-state index is 12.7. The second-order valence-corrected chi connectivity index (χ2v) is 6.38. The van der Waals surface area contributed by atoms with E-state index in [0.29, 0.717) is 29.0 Å². The molecule has 0 aliphatic rings. The van der Waals surface area contributed by atoms with Gasteiger partial charge in [-0.25, -0.2) is 0 Å². The maximum atomic E-state index is 12.7. The van der Waals surface area contributed by atoms with Crippen molar-refractivity contribution in [1.82, 2.24) is 15.0 Å². The smallest absolute Gasteiger partial charge is 0.263 e. The number of para-hydroxylation sites is 1. The third-order valence-corrected chi connectivity index (χ3v) is 4.25. The zero-order valence-corrected chi connectivity index (χ0v) is 15.9. The topological polar surface area (TPSA) is 68.5 Å². The Balaban J connectivity index is 1.66. The molecule has 27 heavy (non-hydrogen) atoms. The number of likely N-dealkylation sites (N-methyl/N-ethyl adjacent to an activating group) is 1. The van der Waals surface area contributed by atoms with Gasteiger partial charge in [0.05, 0.1) is 0 Å². The van der Waals surface area contributed by atoms with Crippen LogP contribution in [0.4, 0.5) is 0 Å². The Kier molecular flexibility index (Phi) is 6.08. The van der Waals surface area contributed by atoms with E-state index in [1.54, 1.807) is 24.0 Å². The highest BCUT2D eigenvalue weighted by molar-refractivity contribution is 6.30. The lowest BCUT2D eigenvalue weighted by atomic mass is 10.2. The van der Waals surface area contributed by atoms with Crippen LogP contribution in [0.1, 0.15) is 19.7 Å². The maximum Gasteiger partial charge on any atom is 0.263 e. The summed E-state index contributed by atoms with van der Waals surface area (Å²) in [5, 5.41) is 4.61. The summed E-state index contributed by atoms with van der Waals surface area (Å²) in [5.41, 5.74) is 0.796. The molecule has 2 aromatic carbocycles. The molecular formula is C20H20ClN3O3. The third kappa shape index (κ3) is 4.86. The first-order valence-corrected chi connectivity index (χ1v) is 9.03. The highest BCUT2D eigenvalue weighted by Crippen LogP contribution is 2.19. The summed E-state index contributed by atoms with van der Waals surface area (Å²) in [7, 11) is 0. The molecule has 0 spiro atoms. The van der Waals surface area contributed by atoms with Gasteiger partial charge in [-0.2, -0.15) is 4.98 Å². The minimum absolute atomic E-state index is 0.146. The molecule has 3 rings (SSSR count). The molecule has 140 valence electrons. The van der Waals surface area contributed by atoms with Crippen molar-refractivity contribution in [3.05, 3.63) is 65.5 Å². The molecule has 1 amide bonds. The van der Waals surface area contributed by atoms with Crippen molar-refractivity contribution in [3.8, 4) is 17.1 Å². The fraction of sp³-hybridized carbons (Fsp3) is 0.250. The van der Waals surface area contributed by atoms with Gasteiger partial charge in [0.15, 0.2) is 6.10 Å². The van der Waals surface area contributed by atoms with Crippen LogP contribution in [0.25, 0.3) is 11.4 Å². The molecule has 0 unspecified atom stereocenters. The van der Waals surface area contributed by atoms with Crippen LogP contribution in [0, 0.1) is 0 Å². The molecule has 0 aliphatic carbocycles. The number of aromatic nitrogens is 2. The van der Waals surface area contributed by atoms with E-state index in [9.17, 15) is 4.79 Å². The minimum atomic E-state index is -0.619. The van der Waals surface area contributed by atoms with Gasteiger partial charge in [0, 0.05) is 17.1 Å². The number of nitrogens with zero attached hydrogens (tertiary/aromatic N) is 3. The van der Waals surface area contributed by atoms with Crippen LogP contribution in [0.2, 0.25) is 5.02 Å². The Labute approximate surface area is 162 Å². The van der Waals surface area contributed by atoms with Crippen LogP contribution in [0.5, 0.6) is 5.75 Å². The Morgan fingerprint density at radius 2 is 1.89 bits per heavy atom. The molecule has 0 saturated heterocycles. The molecule has 1 aromatic heterocycles. The number of carbonyl (C=O) groups excluding carboxylic acids is 1. The summed E-state index contributed by atoms with van der Waals surface area (Å²) in [4.78, 5) is 18.7. The first-order chi connectivity index (χ1) is 13.1. The first-order valence-electron chi connectivity index (χ1n) is 8.66. The van der Waals surface area contributed by atoms with Gasteiger partial charge >= 0.3 is 0 Å². The van der Waals surface area contributed by atoms with Gasteiger partial charge < -0.3 is 14.2 Å². The molecule has 3 aromatic rings. The highest BCUT2D eigenvalue weighted by atomic mass is 35.5. The number of ether oxygens (including phenoxy) is 1. The Hall–Kier alpha value is -2.86. The van der Waals surface area contributed by atoms with E-state index >= 15 is 0 Å². The van der Waals surface area contributed by atoms with E-state index in [1.807, 2.05) is 49.4 Å². The summed E-state index contributed by atoms with van der Waals surface area (Å²) < 4.78 is 11.0. The number of amides is 1. The molecule has 0 fully saturated rings. The van der Waals surface area contributed by atoms with E-state index in [1.165, 1.54) is 0 Å². The Bertz CT molecular complexity index is 881. The molecule has 1 heterocycles. The van der Waals surface area contributed by atoms with E-state index < -0.39 is 6.10 Å². The number of benzene rings is 2. The fourth-order valence-corrected chi connectivity index (χ4v) is 2.68. The van der Waals surface area contributed by atoms with E-state index in [0.717, 1.165) is 5.56 Å². The van der Waals surface area contributed by atoms with Crippen LogP contribution in [-0.2, 0) is 11.3 Å². The number of carbonyl (C=O) groups is 1. The molecule has 1 atom stereocenters. The highest BCUT2D eigenvalue weighted by Gasteiger charge is 2.23. The molecule has 6 nitrogen and oxygen atoms in total. The van der Waals surface area contributed by atoms with Crippen LogP contribution in [0.15, 0.2) is 59.1 Å². The van der Waals surface area contributed by atoms with E-state index in [4.69, 9.17) is 20.9 Å². The van der Waals surface area contributed by atoms with Crippen LogP contribution in [0.3, 0.4) is 0 Å². The quantitative estimate of drug-likeness (QED) is 0.609. The standard InChI is InChI=1S/C20H20ClN3O3/c1-3-24(20(25)14(2)26-17-7-5-4-6-8-17)13-18-22-19(23-27-18)15-9-11-16(21)12-10-15/h4-12,14H,3,13H2,1-2H3/t14-/m1/s1. The van der Waals surface area contributed by atoms with Crippen molar-refractivity contribution in [2.45, 2.75) is 26.5 Å². The van der Waals surface area contributed by atoms with E-state index in [-0.39, 0.29) is 12.5 Å². The monoisotopic (exact) mass is 385 g/mol. The summed E-state index contributed by atoms with van der Waals surface area (Å²) in [6.07, 6.45) is -0.619. The lowest BCUT2D eigenvalue weighted by Crippen LogP contribution is -2.40. The van der Waals surface area contributed by atoms with Crippen molar-refractivity contribution in [1.29, 1.82) is 0 Å². The van der Waals surface area contributed by atoms with Crippen molar-refractivity contribution in [2.75, 3.05) is 6.54 Å². The van der Waals surface area contributed by atoms with E-state index in [2.05, 4.69) is 10.1 Å². The van der Waals surface area contributed by atoms with Crippen molar-refractivity contribution in [3.63, 3.8) is 0 Å². The van der Waals surface area contributed by atoms with Gasteiger partial charge in [-0.15, -0.1) is 0 Å². The largest absolute Gasteiger partial charge is 0.481 e. The van der Waals surface area contributed by atoms with Crippen molar-refractivity contribution < 1.29 is 14.1 Å². The summed E-state index contributed by atoms with van der Waals surface area (Å²) in [6.45, 7) is 4.34. The average Bonchev–Trinajstić information content (AvgIpc) is 3.15. The number of halogens is 1. The van der Waals surface area contributed by atoms with Gasteiger partial charge in [0.1, 0.15) is 12.3 Å². The first kappa shape index (κ1) is 18.9. The predicted molar refractivity (Wildman–Crippen MR) is 102 cm³/mol. The van der Waals surface area contributed by atoms with Gasteiger partial charge in [0.2, 0.25) is 11.7 Å². The molecule has 0 saturated carbocycles. The van der Waals surface area contributed by atoms with Crippen molar-refractivity contribution in [2.24, 2.45) is 0 Å². The van der Waals surface area contributed by atoms with Gasteiger partial charge in [-0.05, 0) is 50.2 Å². The lowest BCUT2D eigenvalue weighted by Gasteiger charge is -2.23. The summed E-state index contributed by atoms with van der Waals surface area (Å²) in [5.74, 6) is 1.32. The van der Waals surface area contributed by atoms with Crippen molar-refractivity contribution >= 4 is 17.5 Å². The predicted octanol–water partition coefficient (Wildman–Crippen LogP) is 4.21. The Morgan fingerprint density at radius 1 is 1.19 bits per heavy atom. The molecular weight excluding hydrogens is 366 g/mol. The minimum Gasteiger partial charge on any atom is -0.481 e. The summed E-state index contributed by atoms with van der Waals surface area (Å²) >= 11 is 5.89. The fourth-order valence-electron chi connectivity index (χ4n) is 2.55. The average molecular weight is 386 g/mol. The van der Waals surface area contributed by atoms with Crippen LogP contribution < -0.4 is 4.74 Å². The molecule has 0 aliphatic heterocycles. The summed E-state index contributed by atoms with van der Waals surface area (Å²) in [6, 6.07) is 16.4. The van der Waals surface area contributed by atoms with Crippen LogP contribution in [-0.4, -0.2) is 33.6 Å². The SMILES string of the molecule is CCN(Cc1nc(-c2ccc(Cl)cc2)no1)C(=O)[C@@H](C)Oc1ccccc1. The molecule has 0 N–H and O–H groups in total. The third-order valence-electron chi connectivity index (χ3n) is 3.99. The van der Waals surface area contributed by atoms with Gasteiger partial charge in [0.25, 0.3) is 5.91 Å². The lowest BCUT2D eigenvalue weighted by molar-refractivity contribution is -0.138. The zero-order chi connectivity index (χ0) is 19.2. The number of rotatable bonds is 7. The molecule has 0 radical (unpaired) electrons. The van der Waals surface area contributed by atoms with Gasteiger partial charge in [-0.1, -0.05) is 35.0 Å². The normalized spacial score (nSPS) is 11.8.